The molecule has 76 valence electrons. The van der Waals surface area contributed by atoms with Crippen LogP contribution in [-0.2, 0) is 0 Å². The Labute approximate surface area is 82.1 Å². The minimum Gasteiger partial charge on any atom is -0.327 e. The molecule has 0 amide bonds. The Morgan fingerprint density at radius 1 is 1.08 bits per heavy atom. The van der Waals surface area contributed by atoms with Crippen LogP contribution in [0.4, 0.5) is 0 Å². The molecule has 2 saturated carbocycles. The van der Waals surface area contributed by atoms with Gasteiger partial charge < -0.3 is 5.73 Å². The van der Waals surface area contributed by atoms with E-state index in [1.165, 1.54) is 51.4 Å². The van der Waals surface area contributed by atoms with E-state index < -0.39 is 0 Å². The summed E-state index contributed by atoms with van der Waals surface area (Å²) in [4.78, 5) is 0. The Balaban J connectivity index is 2.08. The highest BCUT2D eigenvalue weighted by atomic mass is 14.7. The highest BCUT2D eigenvalue weighted by Crippen LogP contribution is 2.52. The van der Waals surface area contributed by atoms with Crippen molar-refractivity contribution >= 4 is 0 Å². The Hall–Kier alpha value is -0.0400. The SMILES string of the molecule is CC(N)C1(C2CCC2)CCCCC1. The fourth-order valence-corrected chi connectivity index (χ4v) is 3.43. The second-order valence-corrected chi connectivity index (χ2v) is 5.21. The first-order chi connectivity index (χ1) is 6.26. The van der Waals surface area contributed by atoms with Gasteiger partial charge in [0.05, 0.1) is 0 Å². The van der Waals surface area contributed by atoms with Crippen LogP contribution in [0.25, 0.3) is 0 Å². The molecule has 0 aromatic carbocycles. The highest BCUT2D eigenvalue weighted by Gasteiger charge is 2.44. The molecule has 1 atom stereocenters. The van der Waals surface area contributed by atoms with Gasteiger partial charge >= 0.3 is 0 Å². The summed E-state index contributed by atoms with van der Waals surface area (Å²) in [6.07, 6.45) is 11.5. The zero-order valence-electron chi connectivity index (χ0n) is 8.89. The topological polar surface area (TPSA) is 26.0 Å². The third kappa shape index (κ3) is 1.52. The van der Waals surface area contributed by atoms with Gasteiger partial charge in [-0.3, -0.25) is 0 Å². The van der Waals surface area contributed by atoms with Crippen molar-refractivity contribution in [2.45, 2.75) is 64.3 Å². The third-order valence-corrected chi connectivity index (χ3v) is 4.61. The van der Waals surface area contributed by atoms with Crippen LogP contribution in [-0.4, -0.2) is 6.04 Å². The summed E-state index contributed by atoms with van der Waals surface area (Å²) < 4.78 is 0. The molecule has 2 aliphatic rings. The molecule has 2 rings (SSSR count). The second kappa shape index (κ2) is 3.61. The molecule has 0 heterocycles. The molecule has 0 saturated heterocycles. The number of rotatable bonds is 2. The average Bonchev–Trinajstić information content (AvgIpc) is 2.02. The monoisotopic (exact) mass is 181 g/mol. The first kappa shape index (κ1) is 9.51. The molecular weight excluding hydrogens is 158 g/mol. The molecule has 1 heteroatoms. The highest BCUT2D eigenvalue weighted by molar-refractivity contribution is 4.97. The molecule has 13 heavy (non-hydrogen) atoms. The summed E-state index contributed by atoms with van der Waals surface area (Å²) in [5.74, 6) is 0.979. The zero-order chi connectivity index (χ0) is 9.31. The summed E-state index contributed by atoms with van der Waals surface area (Å²) in [6, 6.07) is 0.429. The van der Waals surface area contributed by atoms with Crippen LogP contribution in [0.1, 0.15) is 58.3 Å². The van der Waals surface area contributed by atoms with Crippen LogP contribution >= 0.6 is 0 Å². The summed E-state index contributed by atoms with van der Waals surface area (Å²) in [7, 11) is 0. The first-order valence-corrected chi connectivity index (χ1v) is 6.01. The smallest absolute Gasteiger partial charge is 0.00696 e. The van der Waals surface area contributed by atoms with E-state index in [-0.39, 0.29) is 0 Å². The van der Waals surface area contributed by atoms with E-state index in [1.807, 2.05) is 0 Å². The lowest BCUT2D eigenvalue weighted by atomic mass is 9.56. The van der Waals surface area contributed by atoms with Crippen molar-refractivity contribution in [3.8, 4) is 0 Å². The molecule has 0 aliphatic heterocycles. The van der Waals surface area contributed by atoms with Crippen molar-refractivity contribution in [1.29, 1.82) is 0 Å². The van der Waals surface area contributed by atoms with Gasteiger partial charge in [-0.2, -0.15) is 0 Å². The fourth-order valence-electron chi connectivity index (χ4n) is 3.43. The molecule has 2 aliphatic carbocycles. The Morgan fingerprint density at radius 2 is 1.69 bits per heavy atom. The van der Waals surface area contributed by atoms with E-state index in [0.29, 0.717) is 11.5 Å². The van der Waals surface area contributed by atoms with E-state index in [2.05, 4.69) is 6.92 Å². The second-order valence-electron chi connectivity index (χ2n) is 5.21. The van der Waals surface area contributed by atoms with Crippen LogP contribution < -0.4 is 5.73 Å². The summed E-state index contributed by atoms with van der Waals surface area (Å²) >= 11 is 0. The molecule has 2 N–H and O–H groups in total. The van der Waals surface area contributed by atoms with Crippen molar-refractivity contribution in [2.75, 3.05) is 0 Å². The lowest BCUT2D eigenvalue weighted by Crippen LogP contribution is -2.48. The molecule has 0 spiro atoms. The van der Waals surface area contributed by atoms with Gasteiger partial charge in [-0.25, -0.2) is 0 Å². The molecule has 2 fully saturated rings. The zero-order valence-corrected chi connectivity index (χ0v) is 8.89. The maximum atomic E-state index is 6.21. The van der Waals surface area contributed by atoms with Gasteiger partial charge in [0.15, 0.2) is 0 Å². The van der Waals surface area contributed by atoms with Crippen LogP contribution in [0.2, 0.25) is 0 Å². The normalized spacial score (nSPS) is 30.9. The van der Waals surface area contributed by atoms with E-state index in [1.54, 1.807) is 0 Å². The third-order valence-electron chi connectivity index (χ3n) is 4.61. The molecule has 1 unspecified atom stereocenters. The van der Waals surface area contributed by atoms with Crippen LogP contribution in [0, 0.1) is 11.3 Å². The Kier molecular flexibility index (Phi) is 2.64. The summed E-state index contributed by atoms with van der Waals surface area (Å²) in [5.41, 5.74) is 6.76. The van der Waals surface area contributed by atoms with Gasteiger partial charge in [-0.05, 0) is 43.9 Å². The van der Waals surface area contributed by atoms with Crippen molar-refractivity contribution in [1.82, 2.24) is 0 Å². The van der Waals surface area contributed by atoms with Crippen molar-refractivity contribution in [3.05, 3.63) is 0 Å². The van der Waals surface area contributed by atoms with Crippen LogP contribution in [0.3, 0.4) is 0 Å². The minimum absolute atomic E-state index is 0.429. The predicted molar refractivity (Wildman–Crippen MR) is 56.5 cm³/mol. The van der Waals surface area contributed by atoms with Crippen molar-refractivity contribution in [2.24, 2.45) is 17.1 Å². The van der Waals surface area contributed by atoms with Crippen molar-refractivity contribution < 1.29 is 0 Å². The first-order valence-electron chi connectivity index (χ1n) is 6.01. The molecule has 0 aromatic rings. The Morgan fingerprint density at radius 3 is 2.08 bits per heavy atom. The quantitative estimate of drug-likeness (QED) is 0.696. The fraction of sp³-hybridized carbons (Fsp3) is 1.00. The lowest BCUT2D eigenvalue weighted by molar-refractivity contribution is 0.0206. The number of nitrogens with two attached hydrogens (primary N) is 1. The molecule has 1 nitrogen and oxygen atoms in total. The minimum atomic E-state index is 0.429. The van der Waals surface area contributed by atoms with E-state index >= 15 is 0 Å². The van der Waals surface area contributed by atoms with E-state index in [0.717, 1.165) is 5.92 Å². The van der Waals surface area contributed by atoms with Gasteiger partial charge in [-0.1, -0.05) is 25.7 Å². The number of hydrogen-bond acceptors (Lipinski definition) is 1. The molecular formula is C12H23N. The van der Waals surface area contributed by atoms with Gasteiger partial charge in [0.2, 0.25) is 0 Å². The maximum Gasteiger partial charge on any atom is 0.00696 e. The van der Waals surface area contributed by atoms with Gasteiger partial charge in [-0.15, -0.1) is 0 Å². The molecule has 0 radical (unpaired) electrons. The molecule has 0 bridgehead atoms. The van der Waals surface area contributed by atoms with Crippen molar-refractivity contribution in [3.63, 3.8) is 0 Å². The van der Waals surface area contributed by atoms with Gasteiger partial charge in [0.1, 0.15) is 0 Å². The maximum absolute atomic E-state index is 6.21. The van der Waals surface area contributed by atoms with Gasteiger partial charge in [0, 0.05) is 6.04 Å². The largest absolute Gasteiger partial charge is 0.327 e. The predicted octanol–water partition coefficient (Wildman–Crippen LogP) is 3.08. The lowest BCUT2D eigenvalue weighted by Gasteiger charge is -2.50. The number of hydrogen-bond donors (Lipinski definition) is 1. The average molecular weight is 181 g/mol. The van der Waals surface area contributed by atoms with E-state index in [9.17, 15) is 0 Å². The van der Waals surface area contributed by atoms with E-state index in [4.69, 9.17) is 5.73 Å². The molecule has 0 aromatic heterocycles. The Bertz CT molecular complexity index is 164. The summed E-state index contributed by atoms with van der Waals surface area (Å²) in [6.45, 7) is 2.24. The van der Waals surface area contributed by atoms with Crippen LogP contribution in [0.5, 0.6) is 0 Å². The standard InChI is InChI=1S/C12H23N/c1-10(13)12(11-6-5-7-11)8-3-2-4-9-12/h10-11H,2-9,13H2,1H3. The van der Waals surface area contributed by atoms with Gasteiger partial charge in [0.25, 0.3) is 0 Å². The summed E-state index contributed by atoms with van der Waals surface area (Å²) in [5, 5.41) is 0. The van der Waals surface area contributed by atoms with Crippen LogP contribution in [0.15, 0.2) is 0 Å².